The van der Waals surface area contributed by atoms with Gasteiger partial charge in [-0.25, -0.2) is 0 Å². The Bertz CT molecular complexity index is 770. The van der Waals surface area contributed by atoms with Crippen LogP contribution in [0.3, 0.4) is 0 Å². The van der Waals surface area contributed by atoms with Crippen LogP contribution in [0.15, 0.2) is 29.3 Å². The van der Waals surface area contributed by atoms with E-state index in [9.17, 15) is 14.4 Å². The molecule has 1 atom stereocenters. The second-order valence-electron chi connectivity index (χ2n) is 6.07. The van der Waals surface area contributed by atoms with E-state index in [0.717, 1.165) is 12.8 Å². The zero-order chi connectivity index (χ0) is 18.7. The maximum Gasteiger partial charge on any atom is 0.254 e. The molecule has 7 nitrogen and oxygen atoms in total. The molecule has 0 aromatic heterocycles. The molecule has 1 aromatic rings. The fourth-order valence-corrected chi connectivity index (χ4v) is 4.22. The fourth-order valence-electron chi connectivity index (χ4n) is 3.10. The fraction of sp³-hybridized carbons (Fsp3) is 0.412. The van der Waals surface area contributed by atoms with Crippen molar-refractivity contribution in [2.24, 2.45) is 10.7 Å². The monoisotopic (exact) mass is 394 g/mol. The third-order valence-electron chi connectivity index (χ3n) is 4.36. The van der Waals surface area contributed by atoms with E-state index in [2.05, 4.69) is 4.99 Å². The predicted octanol–water partition coefficient (Wildman–Crippen LogP) is 1.64. The number of carbonyl (C=O) groups excluding carboxylic acids is 3. The molecule has 1 aromatic carbocycles. The first-order valence-corrected chi connectivity index (χ1v) is 9.69. The van der Waals surface area contributed by atoms with E-state index < -0.39 is 11.9 Å². The first-order valence-electron chi connectivity index (χ1n) is 8.32. The summed E-state index contributed by atoms with van der Waals surface area (Å²) in [5, 5.41) is 0.872. The van der Waals surface area contributed by atoms with Gasteiger partial charge >= 0.3 is 0 Å². The van der Waals surface area contributed by atoms with Crippen LogP contribution in [0.25, 0.3) is 0 Å². The van der Waals surface area contributed by atoms with Crippen molar-refractivity contribution in [2.45, 2.75) is 25.3 Å². The minimum absolute atomic E-state index is 0.0232. The van der Waals surface area contributed by atoms with Crippen molar-refractivity contribution in [3.05, 3.63) is 29.3 Å². The number of primary amides is 1. The van der Waals surface area contributed by atoms with Gasteiger partial charge in [0.25, 0.3) is 5.91 Å². The normalized spacial score (nSPS) is 20.3. The SMILES string of the molecule is NC(=O)[C@@H]1CCCCN1C(=O)CSC1=NCC(=O)N1c1ccccc1Cl. The first kappa shape index (κ1) is 18.7. The number of nitrogens with two attached hydrogens (primary N) is 1. The van der Waals surface area contributed by atoms with Crippen molar-refractivity contribution in [3.63, 3.8) is 0 Å². The highest BCUT2D eigenvalue weighted by molar-refractivity contribution is 8.14. The molecule has 0 bridgehead atoms. The molecule has 2 aliphatic rings. The van der Waals surface area contributed by atoms with Gasteiger partial charge in [-0.2, -0.15) is 0 Å². The molecule has 1 saturated heterocycles. The second-order valence-corrected chi connectivity index (χ2v) is 7.42. The Morgan fingerprint density at radius 2 is 2.08 bits per heavy atom. The summed E-state index contributed by atoms with van der Waals surface area (Å²) in [5.74, 6) is -0.772. The Morgan fingerprint density at radius 1 is 1.31 bits per heavy atom. The van der Waals surface area contributed by atoms with Crippen molar-refractivity contribution in [1.82, 2.24) is 4.90 Å². The summed E-state index contributed by atoms with van der Waals surface area (Å²) in [7, 11) is 0. The van der Waals surface area contributed by atoms with E-state index in [0.29, 0.717) is 28.8 Å². The number of aliphatic imine (C=N–C) groups is 1. The van der Waals surface area contributed by atoms with E-state index >= 15 is 0 Å². The Kier molecular flexibility index (Phi) is 5.83. The van der Waals surface area contributed by atoms with Crippen LogP contribution in [0.4, 0.5) is 5.69 Å². The van der Waals surface area contributed by atoms with Gasteiger partial charge in [-0.1, -0.05) is 35.5 Å². The molecule has 0 aliphatic carbocycles. The van der Waals surface area contributed by atoms with Gasteiger partial charge in [0.05, 0.1) is 16.5 Å². The average Bonchev–Trinajstić information content (AvgIpc) is 3.00. The minimum Gasteiger partial charge on any atom is -0.368 e. The third kappa shape index (κ3) is 3.86. The summed E-state index contributed by atoms with van der Waals surface area (Å²) in [4.78, 5) is 43.6. The Morgan fingerprint density at radius 3 is 2.81 bits per heavy atom. The Labute approximate surface area is 160 Å². The summed E-state index contributed by atoms with van der Waals surface area (Å²) in [6, 6.07) is 6.44. The van der Waals surface area contributed by atoms with E-state index in [1.807, 2.05) is 0 Å². The van der Waals surface area contributed by atoms with Crippen LogP contribution in [0.1, 0.15) is 19.3 Å². The standard InChI is InChI=1S/C17H19ClN4O3S/c18-11-5-1-2-6-12(11)22-14(23)9-20-17(22)26-10-15(24)21-8-4-3-7-13(21)16(19)25/h1-2,5-6,13H,3-4,7-10H2,(H2,19,25)/t13-/m0/s1. The number of carbonyl (C=O) groups is 3. The van der Waals surface area contributed by atoms with Gasteiger partial charge in [0, 0.05) is 6.54 Å². The highest BCUT2D eigenvalue weighted by Gasteiger charge is 2.33. The molecule has 138 valence electrons. The molecule has 0 unspecified atom stereocenters. The topological polar surface area (TPSA) is 96.1 Å². The molecule has 26 heavy (non-hydrogen) atoms. The summed E-state index contributed by atoms with van der Waals surface area (Å²) >= 11 is 7.36. The Balaban J connectivity index is 1.68. The van der Waals surface area contributed by atoms with E-state index in [1.165, 1.54) is 21.6 Å². The van der Waals surface area contributed by atoms with Gasteiger partial charge in [-0.3, -0.25) is 24.3 Å². The first-order chi connectivity index (χ1) is 12.5. The van der Waals surface area contributed by atoms with E-state index in [1.54, 1.807) is 24.3 Å². The minimum atomic E-state index is -0.552. The number of thioether (sulfide) groups is 1. The summed E-state index contributed by atoms with van der Waals surface area (Å²) in [5.41, 5.74) is 5.96. The number of hydrogen-bond donors (Lipinski definition) is 1. The largest absolute Gasteiger partial charge is 0.368 e. The van der Waals surface area contributed by atoms with Crippen LogP contribution < -0.4 is 10.6 Å². The molecule has 2 N–H and O–H groups in total. The third-order valence-corrected chi connectivity index (χ3v) is 5.64. The van der Waals surface area contributed by atoms with Crippen LogP contribution in [0, 0.1) is 0 Å². The number of hydrogen-bond acceptors (Lipinski definition) is 5. The molecule has 2 heterocycles. The van der Waals surface area contributed by atoms with Gasteiger partial charge < -0.3 is 10.6 Å². The highest BCUT2D eigenvalue weighted by Crippen LogP contribution is 2.30. The number of likely N-dealkylation sites (tertiary alicyclic amines) is 1. The molecular weight excluding hydrogens is 376 g/mol. The van der Waals surface area contributed by atoms with Gasteiger partial charge in [0.15, 0.2) is 5.17 Å². The molecule has 0 spiro atoms. The number of amides is 3. The van der Waals surface area contributed by atoms with Crippen molar-refractivity contribution in [1.29, 1.82) is 0 Å². The number of anilines is 1. The molecule has 9 heteroatoms. The van der Waals surface area contributed by atoms with Crippen LogP contribution in [0.2, 0.25) is 5.02 Å². The average molecular weight is 395 g/mol. The number of para-hydroxylation sites is 1. The molecule has 1 fully saturated rings. The number of piperidine rings is 1. The highest BCUT2D eigenvalue weighted by atomic mass is 35.5. The lowest BCUT2D eigenvalue weighted by Crippen LogP contribution is -2.51. The van der Waals surface area contributed by atoms with Gasteiger partial charge in [-0.15, -0.1) is 0 Å². The predicted molar refractivity (Wildman–Crippen MR) is 102 cm³/mol. The molecule has 0 saturated carbocycles. The van der Waals surface area contributed by atoms with Crippen molar-refractivity contribution >= 4 is 51.9 Å². The van der Waals surface area contributed by atoms with Gasteiger partial charge in [0.1, 0.15) is 12.6 Å². The van der Waals surface area contributed by atoms with Crippen molar-refractivity contribution in [3.8, 4) is 0 Å². The smallest absolute Gasteiger partial charge is 0.254 e. The van der Waals surface area contributed by atoms with Gasteiger partial charge in [-0.05, 0) is 31.4 Å². The zero-order valence-corrected chi connectivity index (χ0v) is 15.6. The number of nitrogens with zero attached hydrogens (tertiary/aromatic N) is 3. The summed E-state index contributed by atoms with van der Waals surface area (Å²) in [6.07, 6.45) is 2.33. The van der Waals surface area contributed by atoms with Crippen LogP contribution in [0.5, 0.6) is 0 Å². The van der Waals surface area contributed by atoms with Crippen LogP contribution in [-0.4, -0.2) is 52.7 Å². The number of halogens is 1. The maximum atomic E-state index is 12.6. The molecule has 3 amide bonds. The number of rotatable bonds is 4. The zero-order valence-electron chi connectivity index (χ0n) is 14.1. The number of benzene rings is 1. The van der Waals surface area contributed by atoms with E-state index in [4.69, 9.17) is 17.3 Å². The maximum absolute atomic E-state index is 12.6. The lowest BCUT2D eigenvalue weighted by molar-refractivity contribution is -0.138. The second kappa shape index (κ2) is 8.09. The molecule has 0 radical (unpaired) electrons. The lowest BCUT2D eigenvalue weighted by atomic mass is 10.0. The quantitative estimate of drug-likeness (QED) is 0.839. The van der Waals surface area contributed by atoms with Crippen LogP contribution >= 0.6 is 23.4 Å². The molecule has 2 aliphatic heterocycles. The van der Waals surface area contributed by atoms with Crippen LogP contribution in [-0.2, 0) is 14.4 Å². The van der Waals surface area contributed by atoms with Gasteiger partial charge in [0.2, 0.25) is 11.8 Å². The number of amidine groups is 1. The van der Waals surface area contributed by atoms with Crippen molar-refractivity contribution < 1.29 is 14.4 Å². The lowest BCUT2D eigenvalue weighted by Gasteiger charge is -2.33. The molecule has 3 rings (SSSR count). The Hall–Kier alpha value is -2.06. The summed E-state index contributed by atoms with van der Waals surface area (Å²) < 4.78 is 0. The summed E-state index contributed by atoms with van der Waals surface area (Å²) in [6.45, 7) is 0.544. The van der Waals surface area contributed by atoms with Crippen molar-refractivity contribution in [2.75, 3.05) is 23.7 Å². The molecular formula is C17H19ClN4O3S. The van der Waals surface area contributed by atoms with E-state index in [-0.39, 0.29) is 24.1 Å².